The molecule has 1 aromatic carbocycles. The second-order valence-electron chi connectivity index (χ2n) is 4.60. The summed E-state index contributed by atoms with van der Waals surface area (Å²) in [6, 6.07) is 7.77. The van der Waals surface area contributed by atoms with E-state index in [1.54, 1.807) is 7.11 Å². The van der Waals surface area contributed by atoms with Crippen LogP contribution >= 0.6 is 0 Å². The molecule has 19 heavy (non-hydrogen) atoms. The molecule has 2 unspecified atom stereocenters. The van der Waals surface area contributed by atoms with E-state index in [2.05, 4.69) is 10.6 Å². The van der Waals surface area contributed by atoms with Gasteiger partial charge < -0.3 is 20.1 Å². The fourth-order valence-corrected chi connectivity index (χ4v) is 2.16. The molecule has 1 heterocycles. The number of benzene rings is 1. The number of carbonyl (C=O) groups is 1. The van der Waals surface area contributed by atoms with E-state index in [0.29, 0.717) is 19.8 Å². The van der Waals surface area contributed by atoms with Gasteiger partial charge >= 0.3 is 0 Å². The van der Waals surface area contributed by atoms with E-state index in [-0.39, 0.29) is 17.9 Å². The van der Waals surface area contributed by atoms with Gasteiger partial charge in [-0.25, -0.2) is 0 Å². The van der Waals surface area contributed by atoms with Gasteiger partial charge in [0.1, 0.15) is 5.75 Å². The summed E-state index contributed by atoms with van der Waals surface area (Å²) in [5.41, 5.74) is 1.05. The summed E-state index contributed by atoms with van der Waals surface area (Å²) in [6.07, 6.45) is 0. The van der Waals surface area contributed by atoms with Gasteiger partial charge in [0, 0.05) is 12.6 Å². The molecule has 2 atom stereocenters. The Hall–Kier alpha value is -1.59. The fourth-order valence-electron chi connectivity index (χ4n) is 2.16. The number of likely N-dealkylation sites (N-methyl/N-ethyl adjacent to an activating group) is 1. The quantitative estimate of drug-likeness (QED) is 0.815. The van der Waals surface area contributed by atoms with Crippen LogP contribution in [0.2, 0.25) is 0 Å². The minimum Gasteiger partial charge on any atom is -0.497 e. The predicted octanol–water partition coefficient (Wildman–Crippen LogP) is 0.546. The molecule has 104 valence electrons. The van der Waals surface area contributed by atoms with E-state index < -0.39 is 0 Å². The van der Waals surface area contributed by atoms with Crippen molar-refractivity contribution in [2.75, 3.05) is 27.4 Å². The number of rotatable bonds is 5. The maximum Gasteiger partial charge on any atom is 0.227 e. The van der Waals surface area contributed by atoms with Gasteiger partial charge in [-0.15, -0.1) is 0 Å². The molecule has 1 saturated heterocycles. The molecule has 0 saturated carbocycles. The Morgan fingerprint density at radius 1 is 1.37 bits per heavy atom. The van der Waals surface area contributed by atoms with Gasteiger partial charge in [0.25, 0.3) is 0 Å². The third-order valence-corrected chi connectivity index (χ3v) is 3.41. The summed E-state index contributed by atoms with van der Waals surface area (Å²) < 4.78 is 10.4. The number of nitrogens with one attached hydrogen (secondary N) is 2. The first-order valence-corrected chi connectivity index (χ1v) is 6.40. The van der Waals surface area contributed by atoms with E-state index in [1.165, 1.54) is 0 Å². The Labute approximate surface area is 113 Å². The molecule has 0 radical (unpaired) electrons. The lowest BCUT2D eigenvalue weighted by molar-refractivity contribution is -0.125. The van der Waals surface area contributed by atoms with Gasteiger partial charge in [0.15, 0.2) is 0 Å². The lowest BCUT2D eigenvalue weighted by Gasteiger charge is -2.16. The molecule has 0 aliphatic carbocycles. The van der Waals surface area contributed by atoms with Crippen LogP contribution in [0.3, 0.4) is 0 Å². The van der Waals surface area contributed by atoms with Crippen molar-refractivity contribution in [3.05, 3.63) is 29.8 Å². The molecule has 1 aliphatic heterocycles. The number of amides is 1. The van der Waals surface area contributed by atoms with Crippen LogP contribution in [0, 0.1) is 5.92 Å². The van der Waals surface area contributed by atoms with E-state index >= 15 is 0 Å². The van der Waals surface area contributed by atoms with Crippen molar-refractivity contribution in [2.24, 2.45) is 5.92 Å². The second-order valence-corrected chi connectivity index (χ2v) is 4.60. The third-order valence-electron chi connectivity index (χ3n) is 3.41. The van der Waals surface area contributed by atoms with Crippen LogP contribution < -0.4 is 15.4 Å². The van der Waals surface area contributed by atoms with Crippen molar-refractivity contribution in [2.45, 2.75) is 12.6 Å². The minimum atomic E-state index is -0.108. The van der Waals surface area contributed by atoms with E-state index in [1.807, 2.05) is 31.3 Å². The maximum atomic E-state index is 12.1. The van der Waals surface area contributed by atoms with Crippen LogP contribution in [-0.4, -0.2) is 39.3 Å². The first-order chi connectivity index (χ1) is 9.24. The van der Waals surface area contributed by atoms with Gasteiger partial charge in [0.2, 0.25) is 5.91 Å². The van der Waals surface area contributed by atoms with Crippen LogP contribution in [0.25, 0.3) is 0 Å². The van der Waals surface area contributed by atoms with Crippen molar-refractivity contribution < 1.29 is 14.3 Å². The normalized spacial score (nSPS) is 22.2. The summed E-state index contributed by atoms with van der Waals surface area (Å²) >= 11 is 0. The molecule has 2 rings (SSSR count). The average molecular weight is 264 g/mol. The second kappa shape index (κ2) is 6.54. The highest BCUT2D eigenvalue weighted by molar-refractivity contribution is 5.79. The molecule has 5 nitrogen and oxygen atoms in total. The van der Waals surface area contributed by atoms with Crippen LogP contribution in [0.1, 0.15) is 5.56 Å². The number of methoxy groups -OCH3 is 1. The van der Waals surface area contributed by atoms with Gasteiger partial charge in [0.05, 0.1) is 26.2 Å². The molecule has 1 aromatic rings. The van der Waals surface area contributed by atoms with Crippen LogP contribution in [0.4, 0.5) is 0 Å². The van der Waals surface area contributed by atoms with Crippen LogP contribution in [0.5, 0.6) is 5.75 Å². The zero-order valence-electron chi connectivity index (χ0n) is 11.3. The average Bonchev–Trinajstić information content (AvgIpc) is 2.93. The van der Waals surface area contributed by atoms with Crippen LogP contribution in [-0.2, 0) is 16.1 Å². The fraction of sp³-hybridized carbons (Fsp3) is 0.500. The van der Waals surface area contributed by atoms with Crippen molar-refractivity contribution in [3.8, 4) is 5.75 Å². The number of carbonyl (C=O) groups excluding carboxylic acids is 1. The largest absolute Gasteiger partial charge is 0.497 e. The molecule has 1 amide bonds. The number of hydrogen-bond donors (Lipinski definition) is 2. The molecule has 2 N–H and O–H groups in total. The SMILES string of the molecule is CNC1COCC1C(=O)NCc1ccc(OC)cc1. The monoisotopic (exact) mass is 264 g/mol. The minimum absolute atomic E-state index is 0.0349. The lowest BCUT2D eigenvalue weighted by atomic mass is 10.0. The molecular weight excluding hydrogens is 244 g/mol. The third kappa shape index (κ3) is 3.45. The Kier molecular flexibility index (Phi) is 4.76. The molecule has 5 heteroatoms. The van der Waals surface area contributed by atoms with E-state index in [0.717, 1.165) is 11.3 Å². The molecule has 0 bridgehead atoms. The molecule has 1 fully saturated rings. The number of hydrogen-bond acceptors (Lipinski definition) is 4. The first-order valence-electron chi connectivity index (χ1n) is 6.40. The summed E-state index contributed by atoms with van der Waals surface area (Å²) in [7, 11) is 3.48. The topological polar surface area (TPSA) is 59.6 Å². The van der Waals surface area contributed by atoms with Gasteiger partial charge in [-0.05, 0) is 24.7 Å². The molecule has 0 spiro atoms. The Morgan fingerprint density at radius 2 is 2.11 bits per heavy atom. The first kappa shape index (κ1) is 13.8. The summed E-state index contributed by atoms with van der Waals surface area (Å²) in [6.45, 7) is 1.60. The van der Waals surface area contributed by atoms with E-state index in [4.69, 9.17) is 9.47 Å². The Balaban J connectivity index is 1.85. The van der Waals surface area contributed by atoms with Crippen LogP contribution in [0.15, 0.2) is 24.3 Å². The van der Waals surface area contributed by atoms with E-state index in [9.17, 15) is 4.79 Å². The zero-order chi connectivity index (χ0) is 13.7. The highest BCUT2D eigenvalue weighted by Gasteiger charge is 2.32. The number of ether oxygens (including phenoxy) is 2. The summed E-state index contributed by atoms with van der Waals surface area (Å²) in [4.78, 5) is 12.1. The molecule has 1 aliphatic rings. The molecular formula is C14H20N2O3. The lowest BCUT2D eigenvalue weighted by Crippen LogP contribution is -2.42. The smallest absolute Gasteiger partial charge is 0.227 e. The maximum absolute atomic E-state index is 12.1. The zero-order valence-corrected chi connectivity index (χ0v) is 11.3. The Bertz CT molecular complexity index is 419. The van der Waals surface area contributed by atoms with Crippen molar-refractivity contribution in [3.63, 3.8) is 0 Å². The summed E-state index contributed by atoms with van der Waals surface area (Å²) in [5, 5.41) is 6.05. The van der Waals surface area contributed by atoms with Gasteiger partial charge in [-0.3, -0.25) is 4.79 Å². The van der Waals surface area contributed by atoms with Crippen molar-refractivity contribution >= 4 is 5.91 Å². The van der Waals surface area contributed by atoms with Gasteiger partial charge in [-0.2, -0.15) is 0 Å². The predicted molar refractivity (Wildman–Crippen MR) is 72.0 cm³/mol. The van der Waals surface area contributed by atoms with Crippen molar-refractivity contribution in [1.29, 1.82) is 0 Å². The van der Waals surface area contributed by atoms with Gasteiger partial charge in [-0.1, -0.05) is 12.1 Å². The Morgan fingerprint density at radius 3 is 2.74 bits per heavy atom. The highest BCUT2D eigenvalue weighted by atomic mass is 16.5. The molecule has 0 aromatic heterocycles. The van der Waals surface area contributed by atoms with Crippen molar-refractivity contribution in [1.82, 2.24) is 10.6 Å². The standard InChI is InChI=1S/C14H20N2O3/c1-15-13-9-19-8-12(13)14(17)16-7-10-3-5-11(18-2)6-4-10/h3-6,12-13,15H,7-9H2,1-2H3,(H,16,17). The highest BCUT2D eigenvalue weighted by Crippen LogP contribution is 2.14. The summed E-state index contributed by atoms with van der Waals surface area (Å²) in [5.74, 6) is 0.741.